The van der Waals surface area contributed by atoms with Gasteiger partial charge in [0.2, 0.25) is 5.92 Å². The van der Waals surface area contributed by atoms with Gasteiger partial charge in [0.1, 0.15) is 5.75 Å². The normalized spacial score (nSPS) is 21.1. The summed E-state index contributed by atoms with van der Waals surface area (Å²) in [6, 6.07) is 5.48. The van der Waals surface area contributed by atoms with E-state index in [1.807, 2.05) is 19.1 Å². The predicted molar refractivity (Wildman–Crippen MR) is 69.6 cm³/mol. The highest BCUT2D eigenvalue weighted by atomic mass is 19.3. The quantitative estimate of drug-likeness (QED) is 0.903. The van der Waals surface area contributed by atoms with Gasteiger partial charge in [-0.2, -0.15) is 0 Å². The fraction of sp³-hybridized carbons (Fsp3) is 0.600. The molecule has 1 N–H and O–H groups in total. The zero-order valence-electron chi connectivity index (χ0n) is 11.3. The topological polar surface area (TPSA) is 29.5 Å². The fourth-order valence-corrected chi connectivity index (χ4v) is 2.74. The molecule has 0 aliphatic heterocycles. The first kappa shape index (κ1) is 14.3. The lowest BCUT2D eigenvalue weighted by Gasteiger charge is -2.32. The summed E-state index contributed by atoms with van der Waals surface area (Å²) in [5, 5.41) is 10.4. The molecule has 1 fully saturated rings. The van der Waals surface area contributed by atoms with Crippen LogP contribution < -0.4 is 4.74 Å². The Balaban J connectivity index is 2.10. The molecule has 0 radical (unpaired) electrons. The van der Waals surface area contributed by atoms with Crippen molar-refractivity contribution in [2.75, 3.05) is 7.11 Å². The second-order valence-corrected chi connectivity index (χ2v) is 5.36. The van der Waals surface area contributed by atoms with Gasteiger partial charge in [-0.05, 0) is 48.9 Å². The number of ether oxygens (including phenoxy) is 1. The lowest BCUT2D eigenvalue weighted by Crippen LogP contribution is -2.27. The summed E-state index contributed by atoms with van der Waals surface area (Å²) in [5.74, 6) is -1.89. The second kappa shape index (κ2) is 5.45. The van der Waals surface area contributed by atoms with E-state index in [0.717, 1.165) is 16.9 Å². The number of aryl methyl sites for hydroxylation is 1. The van der Waals surface area contributed by atoms with Crippen molar-refractivity contribution in [3.63, 3.8) is 0 Å². The molecule has 1 unspecified atom stereocenters. The van der Waals surface area contributed by atoms with Crippen LogP contribution in [0.25, 0.3) is 0 Å². The molecule has 0 bridgehead atoms. The summed E-state index contributed by atoms with van der Waals surface area (Å²) in [7, 11) is 1.59. The molecule has 1 aromatic carbocycles. The molecule has 0 saturated heterocycles. The molecule has 1 aliphatic carbocycles. The zero-order valence-corrected chi connectivity index (χ0v) is 11.3. The van der Waals surface area contributed by atoms with Crippen molar-refractivity contribution in [3.8, 4) is 5.75 Å². The number of aliphatic hydroxyl groups is 1. The van der Waals surface area contributed by atoms with E-state index >= 15 is 0 Å². The Kier molecular flexibility index (Phi) is 4.09. The summed E-state index contributed by atoms with van der Waals surface area (Å²) in [5.41, 5.74) is 1.75. The number of halogens is 2. The molecule has 0 spiro atoms. The molecule has 1 saturated carbocycles. The van der Waals surface area contributed by atoms with E-state index in [9.17, 15) is 13.9 Å². The third-order valence-electron chi connectivity index (χ3n) is 4.00. The minimum atomic E-state index is -2.55. The minimum Gasteiger partial charge on any atom is -0.497 e. The maximum Gasteiger partial charge on any atom is 0.248 e. The average molecular weight is 270 g/mol. The van der Waals surface area contributed by atoms with Crippen LogP contribution in [0.3, 0.4) is 0 Å². The van der Waals surface area contributed by atoms with Crippen LogP contribution in [0.5, 0.6) is 5.75 Å². The molecule has 1 aromatic rings. The maximum atomic E-state index is 13.1. The molecular formula is C15H20F2O2. The van der Waals surface area contributed by atoms with Gasteiger partial charge in [-0.1, -0.05) is 6.07 Å². The Bertz CT molecular complexity index is 436. The number of hydrogen-bond donors (Lipinski definition) is 1. The molecule has 106 valence electrons. The number of rotatable bonds is 3. The van der Waals surface area contributed by atoms with Gasteiger partial charge in [-0.25, -0.2) is 8.78 Å². The predicted octanol–water partition coefficient (Wildman–Crippen LogP) is 3.86. The van der Waals surface area contributed by atoms with Crippen molar-refractivity contribution < 1.29 is 18.6 Å². The van der Waals surface area contributed by atoms with Crippen LogP contribution in [-0.2, 0) is 0 Å². The summed E-state index contributed by atoms with van der Waals surface area (Å²) in [6.45, 7) is 1.90. The number of aliphatic hydroxyl groups excluding tert-OH is 1. The lowest BCUT2D eigenvalue weighted by molar-refractivity contribution is -0.0627. The van der Waals surface area contributed by atoms with E-state index in [1.165, 1.54) is 0 Å². The molecular weight excluding hydrogens is 250 g/mol. The Hall–Kier alpha value is -1.16. The SMILES string of the molecule is COc1ccc(C(O)C2CCC(F)(F)CC2)c(C)c1. The standard InChI is InChI=1S/C15H20F2O2/c1-10-9-12(19-2)3-4-13(10)14(18)11-5-7-15(16,17)8-6-11/h3-4,9,11,14,18H,5-8H2,1-2H3. The van der Waals surface area contributed by atoms with E-state index in [4.69, 9.17) is 4.74 Å². The first-order valence-electron chi connectivity index (χ1n) is 6.63. The van der Waals surface area contributed by atoms with Gasteiger partial charge < -0.3 is 9.84 Å². The monoisotopic (exact) mass is 270 g/mol. The lowest BCUT2D eigenvalue weighted by atomic mass is 9.80. The van der Waals surface area contributed by atoms with Crippen molar-refractivity contribution in [1.82, 2.24) is 0 Å². The van der Waals surface area contributed by atoms with Gasteiger partial charge in [0.25, 0.3) is 0 Å². The third kappa shape index (κ3) is 3.24. The van der Waals surface area contributed by atoms with Crippen molar-refractivity contribution in [2.24, 2.45) is 5.92 Å². The molecule has 1 atom stereocenters. The van der Waals surface area contributed by atoms with E-state index in [-0.39, 0.29) is 18.8 Å². The molecule has 2 nitrogen and oxygen atoms in total. The highest BCUT2D eigenvalue weighted by molar-refractivity contribution is 5.36. The van der Waals surface area contributed by atoms with E-state index in [0.29, 0.717) is 12.8 Å². The third-order valence-corrected chi connectivity index (χ3v) is 4.00. The Labute approximate surface area is 112 Å². The molecule has 0 amide bonds. The number of alkyl halides is 2. The smallest absolute Gasteiger partial charge is 0.248 e. The van der Waals surface area contributed by atoms with Crippen LogP contribution in [0.1, 0.15) is 42.9 Å². The zero-order chi connectivity index (χ0) is 14.0. The van der Waals surface area contributed by atoms with Crippen LogP contribution >= 0.6 is 0 Å². The van der Waals surface area contributed by atoms with E-state index < -0.39 is 12.0 Å². The molecule has 2 rings (SSSR count). The van der Waals surface area contributed by atoms with E-state index in [1.54, 1.807) is 13.2 Å². The molecule has 4 heteroatoms. The van der Waals surface area contributed by atoms with Gasteiger partial charge in [-0.3, -0.25) is 0 Å². The second-order valence-electron chi connectivity index (χ2n) is 5.36. The minimum absolute atomic E-state index is 0.0771. The van der Waals surface area contributed by atoms with Crippen LogP contribution in [0.4, 0.5) is 8.78 Å². The van der Waals surface area contributed by atoms with Crippen molar-refractivity contribution in [3.05, 3.63) is 29.3 Å². The fourth-order valence-electron chi connectivity index (χ4n) is 2.74. The maximum absolute atomic E-state index is 13.1. The molecule has 0 heterocycles. The van der Waals surface area contributed by atoms with Gasteiger partial charge in [0.05, 0.1) is 13.2 Å². The Morgan fingerprint density at radius 2 is 1.95 bits per heavy atom. The average Bonchev–Trinajstić information content (AvgIpc) is 2.37. The summed E-state index contributed by atoms with van der Waals surface area (Å²) in [6.07, 6.45) is -0.158. The summed E-state index contributed by atoms with van der Waals surface area (Å²) < 4.78 is 31.4. The largest absolute Gasteiger partial charge is 0.497 e. The van der Waals surface area contributed by atoms with Gasteiger partial charge in [-0.15, -0.1) is 0 Å². The Morgan fingerprint density at radius 1 is 1.32 bits per heavy atom. The number of benzene rings is 1. The van der Waals surface area contributed by atoms with Crippen LogP contribution in [0, 0.1) is 12.8 Å². The first-order valence-corrected chi connectivity index (χ1v) is 6.63. The number of methoxy groups -OCH3 is 1. The summed E-state index contributed by atoms with van der Waals surface area (Å²) >= 11 is 0. The number of hydrogen-bond acceptors (Lipinski definition) is 2. The van der Waals surface area contributed by atoms with Crippen LogP contribution in [0.2, 0.25) is 0 Å². The van der Waals surface area contributed by atoms with E-state index in [2.05, 4.69) is 0 Å². The van der Waals surface area contributed by atoms with Gasteiger partial charge in [0.15, 0.2) is 0 Å². The van der Waals surface area contributed by atoms with Crippen molar-refractivity contribution in [2.45, 2.75) is 44.6 Å². The molecule has 1 aliphatic rings. The van der Waals surface area contributed by atoms with Crippen LogP contribution in [-0.4, -0.2) is 18.1 Å². The Morgan fingerprint density at radius 3 is 2.47 bits per heavy atom. The first-order chi connectivity index (χ1) is 8.93. The van der Waals surface area contributed by atoms with Crippen LogP contribution in [0.15, 0.2) is 18.2 Å². The highest BCUT2D eigenvalue weighted by Crippen LogP contribution is 2.42. The molecule has 19 heavy (non-hydrogen) atoms. The van der Waals surface area contributed by atoms with Crippen molar-refractivity contribution >= 4 is 0 Å². The van der Waals surface area contributed by atoms with Gasteiger partial charge >= 0.3 is 0 Å². The highest BCUT2D eigenvalue weighted by Gasteiger charge is 2.37. The molecule has 0 aromatic heterocycles. The summed E-state index contributed by atoms with van der Waals surface area (Å²) in [4.78, 5) is 0. The van der Waals surface area contributed by atoms with Gasteiger partial charge in [0, 0.05) is 12.8 Å². The van der Waals surface area contributed by atoms with Crippen molar-refractivity contribution in [1.29, 1.82) is 0 Å².